The van der Waals surface area contributed by atoms with Crippen LogP contribution in [0.25, 0.3) is 0 Å². The molecular weight excluding hydrogens is 249 g/mol. The molecule has 0 spiro atoms. The van der Waals surface area contributed by atoms with E-state index in [2.05, 4.69) is 0 Å². The minimum atomic E-state index is -1.84. The number of nitro benzene ring substituents is 1. The van der Waals surface area contributed by atoms with Gasteiger partial charge >= 0.3 is 5.69 Å². The Morgan fingerprint density at radius 3 is 1.94 bits per heavy atom. The summed E-state index contributed by atoms with van der Waals surface area (Å²) in [5.41, 5.74) is -2.60. The third-order valence-corrected chi connectivity index (χ3v) is 1.44. The second-order valence-corrected chi connectivity index (χ2v) is 2.25. The first kappa shape index (κ1) is 18.3. The van der Waals surface area contributed by atoms with Crippen molar-refractivity contribution in [3.05, 3.63) is 39.2 Å². The van der Waals surface area contributed by atoms with Crippen molar-refractivity contribution in [1.82, 2.24) is 0 Å². The van der Waals surface area contributed by atoms with E-state index in [0.29, 0.717) is 0 Å². The molecule has 1 aromatic rings. The average molecular weight is 262 g/mol. The van der Waals surface area contributed by atoms with Crippen molar-refractivity contribution in [2.24, 2.45) is 0 Å². The van der Waals surface area contributed by atoms with E-state index in [1.807, 2.05) is 27.7 Å². The van der Waals surface area contributed by atoms with Gasteiger partial charge in [-0.05, 0) is 0 Å². The van der Waals surface area contributed by atoms with Crippen LogP contribution in [-0.2, 0) is 0 Å². The summed E-state index contributed by atoms with van der Waals surface area (Å²) in [6.45, 7) is 8.00. The van der Waals surface area contributed by atoms with Crippen molar-refractivity contribution in [2.75, 3.05) is 0 Å². The van der Waals surface area contributed by atoms with Gasteiger partial charge in [-0.15, -0.1) is 0 Å². The maximum Gasteiger partial charge on any atom is 0.328 e. The fourth-order valence-electron chi connectivity index (χ4n) is 0.861. The summed E-state index contributed by atoms with van der Waals surface area (Å²) in [5.74, 6) is -5.00. The molecule has 0 fully saturated rings. The molecule has 18 heavy (non-hydrogen) atoms. The third-order valence-electron chi connectivity index (χ3n) is 1.44. The lowest BCUT2D eigenvalue weighted by atomic mass is 10.1. The van der Waals surface area contributed by atoms with E-state index < -0.39 is 33.6 Å². The van der Waals surface area contributed by atoms with E-state index >= 15 is 0 Å². The molecule has 0 atom stereocenters. The molecule has 0 saturated heterocycles. The Hall–Kier alpha value is -2.10. The van der Waals surface area contributed by atoms with Gasteiger partial charge in [0.15, 0.2) is 17.2 Å². The summed E-state index contributed by atoms with van der Waals surface area (Å²) in [5, 5.41) is 18.5. The van der Waals surface area contributed by atoms with Gasteiger partial charge in [0.1, 0.15) is 6.07 Å². The monoisotopic (exact) mass is 262 g/mol. The fraction of sp³-hybridized carbons (Fsp3) is 0.364. The number of nitro groups is 1. The van der Waals surface area contributed by atoms with Gasteiger partial charge in [0.2, 0.25) is 5.82 Å². The Labute approximate surface area is 103 Å². The van der Waals surface area contributed by atoms with Crippen LogP contribution in [-0.4, -0.2) is 4.92 Å². The van der Waals surface area contributed by atoms with Gasteiger partial charge < -0.3 is 0 Å². The summed E-state index contributed by atoms with van der Waals surface area (Å²) in [7, 11) is 0. The van der Waals surface area contributed by atoms with E-state index in [4.69, 9.17) is 5.26 Å². The van der Waals surface area contributed by atoms with Gasteiger partial charge in [0.25, 0.3) is 0 Å². The molecule has 0 aliphatic heterocycles. The number of halogens is 3. The molecule has 4 nitrogen and oxygen atoms in total. The summed E-state index contributed by atoms with van der Waals surface area (Å²) in [4.78, 5) is 8.84. The normalized spacial score (nSPS) is 8.11. The van der Waals surface area contributed by atoms with Crippen LogP contribution >= 0.6 is 0 Å². The molecule has 100 valence electrons. The minimum Gasteiger partial charge on any atom is -0.258 e. The Bertz CT molecular complexity index is 457. The molecule has 0 saturated carbocycles. The highest BCUT2D eigenvalue weighted by Gasteiger charge is 2.27. The van der Waals surface area contributed by atoms with E-state index in [9.17, 15) is 23.3 Å². The van der Waals surface area contributed by atoms with Crippen LogP contribution in [0.5, 0.6) is 0 Å². The molecule has 0 radical (unpaired) electrons. The molecular formula is C11H13F3N2O2. The van der Waals surface area contributed by atoms with Crippen molar-refractivity contribution in [1.29, 1.82) is 5.26 Å². The van der Waals surface area contributed by atoms with E-state index in [0.717, 1.165) is 6.07 Å². The molecule has 0 amide bonds. The Morgan fingerprint density at radius 1 is 1.17 bits per heavy atom. The van der Waals surface area contributed by atoms with Crippen molar-refractivity contribution >= 4 is 5.69 Å². The Balaban J connectivity index is 0. The van der Waals surface area contributed by atoms with Crippen LogP contribution in [0.4, 0.5) is 18.9 Å². The molecule has 1 rings (SSSR count). The molecule has 0 aromatic heterocycles. The van der Waals surface area contributed by atoms with Gasteiger partial charge in [0, 0.05) is 6.07 Å². The second kappa shape index (κ2) is 8.98. The largest absolute Gasteiger partial charge is 0.328 e. The maximum absolute atomic E-state index is 12.7. The average Bonchev–Trinajstić information content (AvgIpc) is 2.37. The molecule has 0 bridgehead atoms. The predicted molar refractivity (Wildman–Crippen MR) is 60.4 cm³/mol. The highest BCUT2D eigenvalue weighted by Crippen LogP contribution is 2.26. The molecule has 0 heterocycles. The summed E-state index contributed by atoms with van der Waals surface area (Å²) >= 11 is 0. The van der Waals surface area contributed by atoms with Crippen LogP contribution in [0.2, 0.25) is 0 Å². The van der Waals surface area contributed by atoms with Gasteiger partial charge in [-0.3, -0.25) is 10.1 Å². The topological polar surface area (TPSA) is 66.9 Å². The van der Waals surface area contributed by atoms with Crippen LogP contribution in [0.3, 0.4) is 0 Å². The first-order valence-electron chi connectivity index (χ1n) is 5.21. The first-order valence-corrected chi connectivity index (χ1v) is 5.21. The van der Waals surface area contributed by atoms with E-state index in [1.54, 1.807) is 0 Å². The fourth-order valence-corrected chi connectivity index (χ4v) is 0.861. The van der Waals surface area contributed by atoms with Crippen molar-refractivity contribution in [3.63, 3.8) is 0 Å². The summed E-state index contributed by atoms with van der Waals surface area (Å²) < 4.78 is 38.0. The van der Waals surface area contributed by atoms with Crippen LogP contribution < -0.4 is 0 Å². The summed E-state index contributed by atoms with van der Waals surface area (Å²) in [6, 6.07) is 1.17. The zero-order chi connectivity index (χ0) is 14.9. The van der Waals surface area contributed by atoms with Crippen LogP contribution in [0.1, 0.15) is 33.3 Å². The van der Waals surface area contributed by atoms with Crippen molar-refractivity contribution in [3.8, 4) is 6.07 Å². The zero-order valence-corrected chi connectivity index (χ0v) is 10.4. The predicted octanol–water partition coefficient (Wildman–Crippen LogP) is 3.94. The molecule has 0 aliphatic carbocycles. The quantitative estimate of drug-likeness (QED) is 0.437. The number of hydrogen-bond donors (Lipinski definition) is 0. The second-order valence-electron chi connectivity index (χ2n) is 2.25. The van der Waals surface area contributed by atoms with Crippen LogP contribution in [0.15, 0.2) is 6.07 Å². The molecule has 0 unspecified atom stereocenters. The number of nitriles is 1. The zero-order valence-electron chi connectivity index (χ0n) is 10.4. The minimum absolute atomic E-state index is 0.0842. The molecule has 7 heteroatoms. The smallest absolute Gasteiger partial charge is 0.258 e. The Morgan fingerprint density at radius 2 is 1.61 bits per heavy atom. The maximum atomic E-state index is 12.7. The highest BCUT2D eigenvalue weighted by atomic mass is 19.2. The highest BCUT2D eigenvalue weighted by molar-refractivity contribution is 5.50. The third kappa shape index (κ3) is 4.05. The van der Waals surface area contributed by atoms with Gasteiger partial charge in [-0.2, -0.15) is 9.65 Å². The lowest BCUT2D eigenvalue weighted by Gasteiger charge is -1.98. The lowest BCUT2D eigenvalue weighted by Crippen LogP contribution is -2.02. The van der Waals surface area contributed by atoms with Gasteiger partial charge in [-0.25, -0.2) is 8.78 Å². The number of nitrogens with zero attached hydrogens (tertiary/aromatic N) is 2. The molecule has 1 aromatic carbocycles. The Kier molecular flexibility index (Phi) is 9.12. The van der Waals surface area contributed by atoms with Crippen molar-refractivity contribution < 1.29 is 18.1 Å². The lowest BCUT2D eigenvalue weighted by molar-refractivity contribution is -0.388. The number of benzene rings is 1. The number of rotatable bonds is 1. The van der Waals surface area contributed by atoms with Crippen LogP contribution in [0, 0.1) is 38.9 Å². The SMILES string of the molecule is CC.CC.N#Cc1c(F)cc(F)c(F)c1[N+](=O)[O-]. The summed E-state index contributed by atoms with van der Waals surface area (Å²) in [6.07, 6.45) is 0. The van der Waals surface area contributed by atoms with Gasteiger partial charge in [0.05, 0.1) is 4.92 Å². The number of hydrogen-bond acceptors (Lipinski definition) is 3. The van der Waals surface area contributed by atoms with E-state index in [1.165, 1.54) is 0 Å². The molecule has 0 aliphatic rings. The van der Waals surface area contributed by atoms with E-state index in [-0.39, 0.29) is 6.07 Å². The van der Waals surface area contributed by atoms with Gasteiger partial charge in [-0.1, -0.05) is 27.7 Å². The van der Waals surface area contributed by atoms with Crippen molar-refractivity contribution in [2.45, 2.75) is 27.7 Å². The molecule has 0 N–H and O–H groups in total. The standard InChI is InChI=1S/C7HF3N2O2.2C2H6/c8-4-1-5(9)6(10)7(12(13)14)3(4)2-11;2*1-2/h1H;2*1-2H3. The first-order chi connectivity index (χ1) is 8.49.